The summed E-state index contributed by atoms with van der Waals surface area (Å²) in [6.45, 7) is 3.28. The van der Waals surface area contributed by atoms with Gasteiger partial charge in [0.05, 0.1) is 16.6 Å². The van der Waals surface area contributed by atoms with Crippen molar-refractivity contribution >= 4 is 34.2 Å². The predicted octanol–water partition coefficient (Wildman–Crippen LogP) is 2.70. The molecule has 1 saturated heterocycles. The first-order chi connectivity index (χ1) is 9.93. The molecule has 2 unspecified atom stereocenters. The number of carbonyl (C=O) groups excluding carboxylic acids is 1. The van der Waals surface area contributed by atoms with Crippen molar-refractivity contribution in [1.82, 2.24) is 4.90 Å². The minimum absolute atomic E-state index is 0.0130. The zero-order valence-electron chi connectivity index (χ0n) is 11.9. The van der Waals surface area contributed by atoms with Crippen molar-refractivity contribution in [2.45, 2.75) is 19.4 Å². The van der Waals surface area contributed by atoms with Gasteiger partial charge in [0, 0.05) is 35.9 Å². The summed E-state index contributed by atoms with van der Waals surface area (Å²) in [6, 6.07) is 4.37. The zero-order valence-corrected chi connectivity index (χ0v) is 14.1. The van der Waals surface area contributed by atoms with E-state index in [-0.39, 0.29) is 17.7 Å². The van der Waals surface area contributed by atoms with E-state index in [1.807, 2.05) is 22.6 Å². The van der Waals surface area contributed by atoms with Crippen molar-refractivity contribution < 1.29 is 14.5 Å². The van der Waals surface area contributed by atoms with E-state index < -0.39 is 4.92 Å². The van der Waals surface area contributed by atoms with Gasteiger partial charge in [0.25, 0.3) is 11.6 Å². The van der Waals surface area contributed by atoms with Crippen LogP contribution in [-0.4, -0.2) is 42.0 Å². The lowest BCUT2D eigenvalue weighted by atomic mass is 9.95. The molecular weight excluding hydrogens is 387 g/mol. The molecule has 0 radical (unpaired) electrons. The highest BCUT2D eigenvalue weighted by molar-refractivity contribution is 14.1. The van der Waals surface area contributed by atoms with E-state index >= 15 is 0 Å². The first-order valence-corrected chi connectivity index (χ1v) is 7.78. The van der Waals surface area contributed by atoms with Crippen LogP contribution in [0.2, 0.25) is 0 Å². The number of nitro benzene ring substituents is 1. The molecule has 0 aromatic heterocycles. The van der Waals surface area contributed by atoms with Gasteiger partial charge in [-0.25, -0.2) is 0 Å². The number of likely N-dealkylation sites (tertiary alicyclic amines) is 1. The third-order valence-electron chi connectivity index (χ3n) is 3.87. The van der Waals surface area contributed by atoms with E-state index in [0.29, 0.717) is 24.6 Å². The summed E-state index contributed by atoms with van der Waals surface area (Å²) in [5.74, 6) is 0.236. The highest BCUT2D eigenvalue weighted by atomic mass is 127. The number of amides is 1. The highest BCUT2D eigenvalue weighted by Crippen LogP contribution is 2.25. The van der Waals surface area contributed by atoms with Crippen LogP contribution in [0.15, 0.2) is 18.2 Å². The van der Waals surface area contributed by atoms with Gasteiger partial charge in [-0.1, -0.05) is 6.92 Å². The van der Waals surface area contributed by atoms with Gasteiger partial charge < -0.3 is 9.64 Å². The number of carbonyl (C=O) groups is 1. The van der Waals surface area contributed by atoms with Crippen LogP contribution >= 0.6 is 22.6 Å². The Hall–Kier alpha value is -1.22. The Morgan fingerprint density at radius 3 is 2.86 bits per heavy atom. The molecule has 1 aliphatic heterocycles. The third-order valence-corrected chi connectivity index (χ3v) is 4.81. The smallest absolute Gasteiger partial charge is 0.270 e. The number of halogens is 1. The second-order valence-electron chi connectivity index (χ2n) is 5.21. The minimum atomic E-state index is -0.483. The lowest BCUT2D eigenvalue weighted by Crippen LogP contribution is -2.46. The molecule has 2 rings (SSSR count). The van der Waals surface area contributed by atoms with Gasteiger partial charge in [-0.2, -0.15) is 0 Å². The maximum absolute atomic E-state index is 12.6. The van der Waals surface area contributed by atoms with E-state index in [9.17, 15) is 14.9 Å². The molecule has 1 aromatic carbocycles. The molecule has 1 amide bonds. The maximum Gasteiger partial charge on any atom is 0.270 e. The van der Waals surface area contributed by atoms with Crippen molar-refractivity contribution in [2.75, 3.05) is 20.2 Å². The highest BCUT2D eigenvalue weighted by Gasteiger charge is 2.30. The van der Waals surface area contributed by atoms with Gasteiger partial charge in [-0.15, -0.1) is 0 Å². The van der Waals surface area contributed by atoms with Crippen LogP contribution in [0.1, 0.15) is 23.7 Å². The fourth-order valence-corrected chi connectivity index (χ4v) is 3.05. The topological polar surface area (TPSA) is 72.7 Å². The number of ether oxygens (including phenoxy) is 1. The number of nitro groups is 1. The normalized spacial score (nSPS) is 22.1. The quantitative estimate of drug-likeness (QED) is 0.441. The molecule has 1 aliphatic rings. The molecule has 2 atom stereocenters. The minimum Gasteiger partial charge on any atom is -0.379 e. The van der Waals surface area contributed by atoms with Gasteiger partial charge in [0.2, 0.25) is 0 Å². The van der Waals surface area contributed by atoms with Crippen LogP contribution < -0.4 is 0 Å². The Labute approximate surface area is 136 Å². The Morgan fingerprint density at radius 1 is 1.52 bits per heavy atom. The van der Waals surface area contributed by atoms with E-state index in [4.69, 9.17) is 4.74 Å². The van der Waals surface area contributed by atoms with Crippen molar-refractivity contribution in [1.29, 1.82) is 0 Å². The van der Waals surface area contributed by atoms with Crippen molar-refractivity contribution in [2.24, 2.45) is 5.92 Å². The van der Waals surface area contributed by atoms with Crippen LogP contribution in [0.4, 0.5) is 5.69 Å². The van der Waals surface area contributed by atoms with E-state index in [1.54, 1.807) is 18.1 Å². The number of non-ortho nitro benzene ring substituents is 1. The van der Waals surface area contributed by atoms with Crippen LogP contribution in [0.25, 0.3) is 0 Å². The first-order valence-electron chi connectivity index (χ1n) is 6.70. The molecule has 114 valence electrons. The molecule has 0 spiro atoms. The first kappa shape index (κ1) is 16.2. The SMILES string of the molecule is COC1CN(C(=O)c2cc([N+](=O)[O-])ccc2I)CCC1C. The number of nitrogens with zero attached hydrogens (tertiary/aromatic N) is 2. The zero-order chi connectivity index (χ0) is 15.6. The average molecular weight is 404 g/mol. The molecular formula is C14H17IN2O4. The summed E-state index contributed by atoms with van der Waals surface area (Å²) in [5, 5.41) is 10.9. The van der Waals surface area contributed by atoms with Gasteiger partial charge in [-0.3, -0.25) is 14.9 Å². The third kappa shape index (κ3) is 3.52. The number of rotatable bonds is 3. The fraction of sp³-hybridized carbons (Fsp3) is 0.500. The van der Waals surface area contributed by atoms with Gasteiger partial charge in [-0.05, 0) is 41.0 Å². The van der Waals surface area contributed by atoms with Crippen molar-refractivity contribution in [3.63, 3.8) is 0 Å². The summed E-state index contributed by atoms with van der Waals surface area (Å²) in [5.41, 5.74) is 0.321. The molecule has 0 N–H and O–H groups in total. The van der Waals surface area contributed by atoms with E-state index in [0.717, 1.165) is 9.99 Å². The standard InChI is InChI=1S/C14H17IN2O4/c1-9-5-6-16(8-13(9)21-2)14(18)11-7-10(17(19)20)3-4-12(11)15/h3-4,7,9,13H,5-6,8H2,1-2H3. The summed E-state index contributed by atoms with van der Waals surface area (Å²) in [6.07, 6.45) is 0.884. The van der Waals surface area contributed by atoms with Gasteiger partial charge >= 0.3 is 0 Å². The maximum atomic E-state index is 12.6. The Balaban J connectivity index is 2.24. The van der Waals surface area contributed by atoms with Crippen molar-refractivity contribution in [3.05, 3.63) is 37.4 Å². The summed E-state index contributed by atoms with van der Waals surface area (Å²) in [4.78, 5) is 24.7. The average Bonchev–Trinajstić information content (AvgIpc) is 2.47. The monoisotopic (exact) mass is 404 g/mol. The number of hydrogen-bond donors (Lipinski definition) is 0. The number of methoxy groups -OCH3 is 1. The Kier molecular flexibility index (Phi) is 5.15. The van der Waals surface area contributed by atoms with Gasteiger partial charge in [0.1, 0.15) is 0 Å². The van der Waals surface area contributed by atoms with Crippen LogP contribution in [0, 0.1) is 19.6 Å². The van der Waals surface area contributed by atoms with Gasteiger partial charge in [0.15, 0.2) is 0 Å². The molecule has 1 heterocycles. The lowest BCUT2D eigenvalue weighted by molar-refractivity contribution is -0.384. The fourth-order valence-electron chi connectivity index (χ4n) is 2.49. The second-order valence-corrected chi connectivity index (χ2v) is 6.37. The Bertz CT molecular complexity index is 564. The van der Waals surface area contributed by atoms with Crippen LogP contribution in [-0.2, 0) is 4.74 Å². The van der Waals surface area contributed by atoms with Crippen molar-refractivity contribution in [3.8, 4) is 0 Å². The summed E-state index contributed by atoms with van der Waals surface area (Å²) >= 11 is 2.03. The van der Waals surface area contributed by atoms with E-state index in [1.165, 1.54) is 12.1 Å². The predicted molar refractivity (Wildman–Crippen MR) is 86.3 cm³/mol. The molecule has 0 saturated carbocycles. The number of benzene rings is 1. The molecule has 7 heteroatoms. The molecule has 21 heavy (non-hydrogen) atoms. The largest absolute Gasteiger partial charge is 0.379 e. The summed E-state index contributed by atoms with van der Waals surface area (Å²) in [7, 11) is 1.65. The number of hydrogen-bond acceptors (Lipinski definition) is 4. The van der Waals surface area contributed by atoms with Crippen LogP contribution in [0.5, 0.6) is 0 Å². The second kappa shape index (κ2) is 6.69. The molecule has 0 bridgehead atoms. The molecule has 0 aliphatic carbocycles. The lowest BCUT2D eigenvalue weighted by Gasteiger charge is -2.36. The molecule has 1 fully saturated rings. The Morgan fingerprint density at radius 2 is 2.24 bits per heavy atom. The summed E-state index contributed by atoms with van der Waals surface area (Å²) < 4.78 is 6.13. The van der Waals surface area contributed by atoms with E-state index in [2.05, 4.69) is 6.92 Å². The number of piperidine rings is 1. The van der Waals surface area contributed by atoms with Crippen LogP contribution in [0.3, 0.4) is 0 Å². The molecule has 1 aromatic rings. The molecule has 6 nitrogen and oxygen atoms in total.